The molecule has 23 heavy (non-hydrogen) atoms. The van der Waals surface area contributed by atoms with Crippen molar-refractivity contribution < 1.29 is 4.21 Å². The zero-order chi connectivity index (χ0) is 16.4. The minimum absolute atomic E-state index is 0.562. The molecule has 2 heterocycles. The molecule has 1 unspecified atom stereocenters. The standard InChI is InChI=1S/C17H19N3OS2/c1-4-14-9-15-16(18-11(2)19-17(15)22-14)20-13-7-5-6-12(8-13)10-23(3)21/h5-9H,4,10H2,1-3H3,(H,18,19,20). The molecular weight excluding hydrogens is 326 g/mol. The summed E-state index contributed by atoms with van der Waals surface area (Å²) in [6.45, 7) is 4.05. The van der Waals surface area contributed by atoms with Crippen LogP contribution in [-0.4, -0.2) is 20.4 Å². The molecule has 1 aromatic carbocycles. The van der Waals surface area contributed by atoms with Crippen LogP contribution >= 0.6 is 11.3 Å². The van der Waals surface area contributed by atoms with Crippen LogP contribution in [0.5, 0.6) is 0 Å². The van der Waals surface area contributed by atoms with Crippen LogP contribution in [0.2, 0.25) is 0 Å². The van der Waals surface area contributed by atoms with Crippen LogP contribution in [0.4, 0.5) is 11.5 Å². The van der Waals surface area contributed by atoms with Crippen molar-refractivity contribution in [2.45, 2.75) is 26.0 Å². The fourth-order valence-corrected chi connectivity index (χ4v) is 4.12. The summed E-state index contributed by atoms with van der Waals surface area (Å²) < 4.78 is 11.4. The zero-order valence-electron chi connectivity index (χ0n) is 13.4. The van der Waals surface area contributed by atoms with Crippen molar-refractivity contribution in [2.24, 2.45) is 0 Å². The minimum Gasteiger partial charge on any atom is -0.340 e. The first-order chi connectivity index (χ1) is 11.0. The minimum atomic E-state index is -0.847. The summed E-state index contributed by atoms with van der Waals surface area (Å²) >= 11 is 1.72. The Morgan fingerprint density at radius 2 is 2.09 bits per heavy atom. The van der Waals surface area contributed by atoms with Crippen molar-refractivity contribution in [1.82, 2.24) is 9.97 Å². The van der Waals surface area contributed by atoms with Gasteiger partial charge in [0.05, 0.1) is 5.39 Å². The maximum atomic E-state index is 11.4. The summed E-state index contributed by atoms with van der Waals surface area (Å²) in [4.78, 5) is 11.4. The number of fused-ring (bicyclic) bond motifs is 1. The van der Waals surface area contributed by atoms with Crippen LogP contribution in [-0.2, 0) is 23.0 Å². The van der Waals surface area contributed by atoms with E-state index in [1.54, 1.807) is 17.6 Å². The van der Waals surface area contributed by atoms with Crippen LogP contribution in [0.15, 0.2) is 30.3 Å². The molecule has 0 aliphatic heterocycles. The number of aromatic nitrogens is 2. The number of nitrogens with one attached hydrogen (secondary N) is 1. The number of nitrogens with zero attached hydrogens (tertiary/aromatic N) is 2. The fourth-order valence-electron chi connectivity index (χ4n) is 2.46. The van der Waals surface area contributed by atoms with E-state index in [2.05, 4.69) is 28.3 Å². The van der Waals surface area contributed by atoms with Gasteiger partial charge in [-0.25, -0.2) is 9.97 Å². The van der Waals surface area contributed by atoms with E-state index in [0.717, 1.165) is 39.5 Å². The maximum absolute atomic E-state index is 11.4. The molecule has 0 spiro atoms. The van der Waals surface area contributed by atoms with Gasteiger partial charge in [-0.2, -0.15) is 0 Å². The highest BCUT2D eigenvalue weighted by atomic mass is 32.2. The van der Waals surface area contributed by atoms with E-state index in [9.17, 15) is 4.21 Å². The second kappa shape index (κ2) is 6.76. The molecule has 1 atom stereocenters. The van der Waals surface area contributed by atoms with Crippen LogP contribution in [0.25, 0.3) is 10.2 Å². The van der Waals surface area contributed by atoms with E-state index in [0.29, 0.717) is 5.75 Å². The number of thiophene rings is 1. The summed E-state index contributed by atoms with van der Waals surface area (Å²) in [6.07, 6.45) is 2.71. The molecule has 0 saturated heterocycles. The molecule has 0 aliphatic carbocycles. The summed E-state index contributed by atoms with van der Waals surface area (Å²) in [5.74, 6) is 2.15. The van der Waals surface area contributed by atoms with Crippen molar-refractivity contribution in [3.05, 3.63) is 46.6 Å². The lowest BCUT2D eigenvalue weighted by atomic mass is 10.2. The van der Waals surface area contributed by atoms with E-state index in [-0.39, 0.29) is 0 Å². The second-order valence-corrected chi connectivity index (χ2v) is 8.00. The van der Waals surface area contributed by atoms with E-state index < -0.39 is 10.8 Å². The predicted molar refractivity (Wildman–Crippen MR) is 99.0 cm³/mol. The number of aryl methyl sites for hydroxylation is 2. The van der Waals surface area contributed by atoms with Crippen LogP contribution < -0.4 is 5.32 Å². The molecule has 0 radical (unpaired) electrons. The Labute approximate surface area is 142 Å². The molecular formula is C17H19N3OS2. The molecule has 3 aromatic rings. The summed E-state index contributed by atoms with van der Waals surface area (Å²) in [5.41, 5.74) is 2.01. The Hall–Kier alpha value is -1.79. The number of benzene rings is 1. The lowest BCUT2D eigenvalue weighted by Crippen LogP contribution is -1.99. The highest BCUT2D eigenvalue weighted by Crippen LogP contribution is 2.31. The Balaban J connectivity index is 1.97. The van der Waals surface area contributed by atoms with E-state index >= 15 is 0 Å². The molecule has 120 valence electrons. The van der Waals surface area contributed by atoms with Crippen molar-refractivity contribution >= 4 is 43.9 Å². The van der Waals surface area contributed by atoms with Crippen molar-refractivity contribution in [3.63, 3.8) is 0 Å². The third kappa shape index (κ3) is 3.76. The van der Waals surface area contributed by atoms with Gasteiger partial charge in [-0.15, -0.1) is 11.3 Å². The predicted octanol–water partition coefficient (Wildman–Crippen LogP) is 4.18. The first-order valence-electron chi connectivity index (χ1n) is 7.48. The van der Waals surface area contributed by atoms with Crippen molar-refractivity contribution in [2.75, 3.05) is 11.6 Å². The molecule has 0 amide bonds. The highest BCUT2D eigenvalue weighted by Gasteiger charge is 2.10. The Morgan fingerprint density at radius 3 is 2.83 bits per heavy atom. The fraction of sp³-hybridized carbons (Fsp3) is 0.294. The third-order valence-corrected chi connectivity index (χ3v) is 5.38. The van der Waals surface area contributed by atoms with Gasteiger partial charge in [0.1, 0.15) is 16.5 Å². The largest absolute Gasteiger partial charge is 0.340 e. The molecule has 0 saturated carbocycles. The number of hydrogen-bond donors (Lipinski definition) is 1. The van der Waals surface area contributed by atoms with Gasteiger partial charge in [-0.3, -0.25) is 4.21 Å². The van der Waals surface area contributed by atoms with Gasteiger partial charge in [-0.05, 0) is 37.1 Å². The average molecular weight is 345 g/mol. The van der Waals surface area contributed by atoms with E-state index in [4.69, 9.17) is 0 Å². The van der Waals surface area contributed by atoms with Crippen molar-refractivity contribution in [3.8, 4) is 0 Å². The van der Waals surface area contributed by atoms with Gasteiger partial charge in [0.25, 0.3) is 0 Å². The van der Waals surface area contributed by atoms with Crippen molar-refractivity contribution in [1.29, 1.82) is 0 Å². The summed E-state index contributed by atoms with van der Waals surface area (Å²) in [7, 11) is -0.847. The number of hydrogen-bond acceptors (Lipinski definition) is 5. The van der Waals surface area contributed by atoms with Crippen LogP contribution in [0, 0.1) is 6.92 Å². The lowest BCUT2D eigenvalue weighted by molar-refractivity contribution is 0.686. The molecule has 0 aliphatic rings. The SMILES string of the molecule is CCc1cc2c(Nc3cccc(CS(C)=O)c3)nc(C)nc2s1. The monoisotopic (exact) mass is 345 g/mol. The van der Waals surface area contributed by atoms with Gasteiger partial charge in [0.15, 0.2) is 0 Å². The second-order valence-electron chi connectivity index (χ2n) is 5.45. The summed E-state index contributed by atoms with van der Waals surface area (Å²) in [6, 6.07) is 10.1. The first kappa shape index (κ1) is 16.1. The van der Waals surface area contributed by atoms with Crippen LogP contribution in [0.3, 0.4) is 0 Å². The normalized spacial score (nSPS) is 12.5. The van der Waals surface area contributed by atoms with Gasteiger partial charge < -0.3 is 5.32 Å². The molecule has 0 fully saturated rings. The Morgan fingerprint density at radius 1 is 1.26 bits per heavy atom. The maximum Gasteiger partial charge on any atom is 0.142 e. The molecule has 0 bridgehead atoms. The molecule has 2 aromatic heterocycles. The Kier molecular flexibility index (Phi) is 4.73. The molecule has 4 nitrogen and oxygen atoms in total. The highest BCUT2D eigenvalue weighted by molar-refractivity contribution is 7.83. The average Bonchev–Trinajstić information content (AvgIpc) is 2.90. The summed E-state index contributed by atoms with van der Waals surface area (Å²) in [5, 5.41) is 4.45. The third-order valence-electron chi connectivity index (χ3n) is 3.46. The lowest BCUT2D eigenvalue weighted by Gasteiger charge is -2.09. The van der Waals surface area contributed by atoms with Crippen LogP contribution in [0.1, 0.15) is 23.2 Å². The topological polar surface area (TPSA) is 54.9 Å². The van der Waals surface area contributed by atoms with Gasteiger partial charge >= 0.3 is 0 Å². The van der Waals surface area contributed by atoms with E-state index in [1.165, 1.54) is 4.88 Å². The zero-order valence-corrected chi connectivity index (χ0v) is 15.1. The van der Waals surface area contributed by atoms with Gasteiger partial charge in [-0.1, -0.05) is 19.1 Å². The molecule has 1 N–H and O–H groups in total. The smallest absolute Gasteiger partial charge is 0.142 e. The quantitative estimate of drug-likeness (QED) is 0.753. The molecule has 3 rings (SSSR count). The van der Waals surface area contributed by atoms with E-state index in [1.807, 2.05) is 31.2 Å². The molecule has 6 heteroatoms. The first-order valence-corrected chi connectivity index (χ1v) is 10.0. The van der Waals surface area contributed by atoms with Gasteiger partial charge in [0.2, 0.25) is 0 Å². The number of rotatable bonds is 5. The number of anilines is 2. The van der Waals surface area contributed by atoms with Gasteiger partial charge in [0, 0.05) is 33.4 Å². The Bertz CT molecular complexity index is 873.